The molecule has 9 nitrogen and oxygen atoms in total. The quantitative estimate of drug-likeness (QED) is 0.308. The van der Waals surface area contributed by atoms with E-state index in [1.165, 1.54) is 0 Å². The summed E-state index contributed by atoms with van der Waals surface area (Å²) in [5, 5.41) is 0. The maximum Gasteiger partial charge on any atom is 0.410 e. The van der Waals surface area contributed by atoms with Crippen molar-refractivity contribution in [3.63, 3.8) is 0 Å². The predicted molar refractivity (Wildman–Crippen MR) is 180 cm³/mol. The van der Waals surface area contributed by atoms with Gasteiger partial charge in [0, 0.05) is 31.4 Å². The monoisotopic (exact) mass is 623 g/mol. The average molecular weight is 624 g/mol. The fourth-order valence-electron chi connectivity index (χ4n) is 6.44. The average Bonchev–Trinajstić information content (AvgIpc) is 3.82. The van der Waals surface area contributed by atoms with Gasteiger partial charge < -0.3 is 14.5 Å². The molecule has 4 heterocycles. The number of nitrogens with one attached hydrogen (secondary N) is 1. The third kappa shape index (κ3) is 7.03. The lowest BCUT2D eigenvalue weighted by Crippen LogP contribution is -2.43. The summed E-state index contributed by atoms with van der Waals surface area (Å²) in [7, 11) is 0. The molecule has 2 saturated heterocycles. The molecular weight excluding hydrogens is 578 g/mol. The summed E-state index contributed by atoms with van der Waals surface area (Å²) in [6.07, 6.45) is 7.63. The zero-order valence-corrected chi connectivity index (χ0v) is 27.8. The van der Waals surface area contributed by atoms with Crippen molar-refractivity contribution in [2.45, 2.75) is 96.9 Å². The van der Waals surface area contributed by atoms with Crippen LogP contribution in [-0.4, -0.2) is 68.0 Å². The molecule has 9 heteroatoms. The smallest absolute Gasteiger partial charge is 0.410 e. The Morgan fingerprint density at radius 2 is 1.24 bits per heavy atom. The van der Waals surface area contributed by atoms with Gasteiger partial charge in [0.1, 0.15) is 17.0 Å². The van der Waals surface area contributed by atoms with Gasteiger partial charge >= 0.3 is 12.2 Å². The van der Waals surface area contributed by atoms with Crippen molar-refractivity contribution in [2.24, 2.45) is 4.99 Å². The topological polar surface area (TPSA) is 100 Å². The van der Waals surface area contributed by atoms with Crippen LogP contribution in [0.5, 0.6) is 0 Å². The number of hydrogen-bond acceptors (Lipinski definition) is 6. The van der Waals surface area contributed by atoms with E-state index < -0.39 is 11.2 Å². The van der Waals surface area contributed by atoms with Crippen molar-refractivity contribution >= 4 is 23.5 Å². The molecule has 3 aromatic rings. The van der Waals surface area contributed by atoms with E-state index in [1.807, 2.05) is 58.8 Å². The number of H-pyrrole nitrogens is 1. The van der Waals surface area contributed by atoms with Gasteiger partial charge in [0.05, 0.1) is 24.0 Å². The van der Waals surface area contributed by atoms with Crippen LogP contribution in [0, 0.1) is 0 Å². The lowest BCUT2D eigenvalue weighted by atomic mass is 9.96. The number of carbonyl (C=O) groups excluding carboxylic acids is 2. The Kier molecular flexibility index (Phi) is 8.53. The molecule has 1 aromatic heterocycles. The van der Waals surface area contributed by atoms with Crippen molar-refractivity contribution < 1.29 is 19.1 Å². The largest absolute Gasteiger partial charge is 0.444 e. The third-order valence-electron chi connectivity index (χ3n) is 8.60. The number of allylic oxidation sites excluding steroid dienone is 1. The minimum atomic E-state index is -0.533. The first-order valence-electron chi connectivity index (χ1n) is 16.4. The van der Waals surface area contributed by atoms with Crippen molar-refractivity contribution in [1.82, 2.24) is 19.8 Å². The highest BCUT2D eigenvalue weighted by molar-refractivity contribution is 6.03. The molecular formula is C37H45N5O4. The van der Waals surface area contributed by atoms with Crippen LogP contribution in [0.2, 0.25) is 0 Å². The third-order valence-corrected chi connectivity index (χ3v) is 8.60. The van der Waals surface area contributed by atoms with Gasteiger partial charge in [0.25, 0.3) is 0 Å². The fourth-order valence-corrected chi connectivity index (χ4v) is 6.44. The molecule has 2 atom stereocenters. The highest BCUT2D eigenvalue weighted by Gasteiger charge is 2.37. The second-order valence-corrected chi connectivity index (χ2v) is 14.5. The molecule has 0 unspecified atom stereocenters. The van der Waals surface area contributed by atoms with Crippen LogP contribution in [-0.2, 0) is 9.47 Å². The van der Waals surface area contributed by atoms with Crippen molar-refractivity contribution in [3.8, 4) is 22.4 Å². The van der Waals surface area contributed by atoms with Crippen molar-refractivity contribution in [1.29, 1.82) is 0 Å². The van der Waals surface area contributed by atoms with E-state index in [0.717, 1.165) is 77.2 Å². The molecule has 1 N–H and O–H groups in total. The van der Waals surface area contributed by atoms with Crippen molar-refractivity contribution in [3.05, 3.63) is 72.3 Å². The number of amides is 2. The SMILES string of the molecule is CC(C)(C)OC(=O)N1CCC[C@H]1C1=NC=C(c2ccc(-c3ccc(-c4cnc([C@@H]5CCCN5C(=O)OC(C)(C)C)[nH]4)cc3)cc2)C1. The summed E-state index contributed by atoms with van der Waals surface area (Å²) < 4.78 is 11.3. The van der Waals surface area contributed by atoms with E-state index in [0.29, 0.717) is 13.1 Å². The minimum Gasteiger partial charge on any atom is -0.444 e. The number of aliphatic imine (C=N–C) groups is 1. The van der Waals surface area contributed by atoms with Crippen LogP contribution < -0.4 is 0 Å². The molecule has 46 heavy (non-hydrogen) atoms. The van der Waals surface area contributed by atoms with Crippen LogP contribution in [0.3, 0.4) is 0 Å². The van der Waals surface area contributed by atoms with Gasteiger partial charge in [-0.2, -0.15) is 0 Å². The van der Waals surface area contributed by atoms with Gasteiger partial charge in [-0.05, 0) is 95.1 Å². The summed E-state index contributed by atoms with van der Waals surface area (Å²) in [5.74, 6) is 0.789. The molecule has 2 amide bonds. The Hall–Kier alpha value is -4.40. The maximum atomic E-state index is 12.8. The van der Waals surface area contributed by atoms with Crippen molar-refractivity contribution in [2.75, 3.05) is 13.1 Å². The molecule has 2 fully saturated rings. The Bertz CT molecular complexity index is 1640. The van der Waals surface area contributed by atoms with E-state index >= 15 is 0 Å². The minimum absolute atomic E-state index is 0.00517. The number of imidazole rings is 1. The highest BCUT2D eigenvalue weighted by Crippen LogP contribution is 2.34. The summed E-state index contributed by atoms with van der Waals surface area (Å²) >= 11 is 0. The fraction of sp³-hybridized carbons (Fsp3) is 0.459. The number of benzene rings is 2. The van der Waals surface area contributed by atoms with Gasteiger partial charge in [-0.15, -0.1) is 0 Å². The van der Waals surface area contributed by atoms with Crippen LogP contribution in [0.4, 0.5) is 9.59 Å². The zero-order valence-electron chi connectivity index (χ0n) is 27.8. The molecule has 242 valence electrons. The summed E-state index contributed by atoms with van der Waals surface area (Å²) in [6, 6.07) is 16.9. The Morgan fingerprint density at radius 3 is 1.80 bits per heavy atom. The van der Waals surface area contributed by atoms with E-state index in [-0.39, 0.29) is 24.3 Å². The molecule has 0 spiro atoms. The summed E-state index contributed by atoms with van der Waals surface area (Å²) in [6.45, 7) is 12.7. The number of aromatic amines is 1. The molecule has 0 radical (unpaired) electrons. The van der Waals surface area contributed by atoms with Gasteiger partial charge in [-0.1, -0.05) is 48.5 Å². The summed E-state index contributed by atoms with van der Waals surface area (Å²) in [5.41, 5.74) is 6.49. The second-order valence-electron chi connectivity index (χ2n) is 14.5. The molecule has 3 aliphatic rings. The number of ether oxygens (including phenoxy) is 2. The first-order valence-corrected chi connectivity index (χ1v) is 16.4. The Morgan fingerprint density at radius 1 is 0.739 bits per heavy atom. The molecule has 3 aliphatic heterocycles. The second kappa shape index (κ2) is 12.4. The van der Waals surface area contributed by atoms with Gasteiger partial charge in [0.15, 0.2) is 0 Å². The molecule has 2 aromatic carbocycles. The van der Waals surface area contributed by atoms with Crippen LogP contribution in [0.15, 0.2) is 65.9 Å². The predicted octanol–water partition coefficient (Wildman–Crippen LogP) is 8.40. The molecule has 0 bridgehead atoms. The number of likely N-dealkylation sites (tertiary alicyclic amines) is 2. The highest BCUT2D eigenvalue weighted by atomic mass is 16.6. The summed E-state index contributed by atoms with van der Waals surface area (Å²) in [4.78, 5) is 42.0. The number of aromatic nitrogens is 2. The lowest BCUT2D eigenvalue weighted by molar-refractivity contribution is 0.0216. The first kappa shape index (κ1) is 31.6. The normalized spacial score (nSPS) is 20.1. The van der Waals surface area contributed by atoms with E-state index in [4.69, 9.17) is 14.5 Å². The lowest BCUT2D eigenvalue weighted by Gasteiger charge is -2.28. The number of hydrogen-bond donors (Lipinski definition) is 1. The Labute approximate surface area is 271 Å². The maximum absolute atomic E-state index is 12.8. The van der Waals surface area contributed by atoms with Gasteiger partial charge in [0.2, 0.25) is 0 Å². The zero-order chi connectivity index (χ0) is 32.6. The van der Waals surface area contributed by atoms with Gasteiger partial charge in [-0.25, -0.2) is 14.6 Å². The van der Waals surface area contributed by atoms with Crippen LogP contribution in [0.1, 0.15) is 91.1 Å². The van der Waals surface area contributed by atoms with E-state index in [2.05, 4.69) is 58.5 Å². The number of nitrogens with zero attached hydrogens (tertiary/aromatic N) is 4. The van der Waals surface area contributed by atoms with Crippen LogP contribution in [0.25, 0.3) is 28.0 Å². The van der Waals surface area contributed by atoms with E-state index in [1.54, 1.807) is 4.90 Å². The standard InChI is InChI=1S/C37H45N5O4/c1-36(2,3)45-34(43)41-19-7-9-31(41)29-21-28(22-38-29)26-13-11-24(12-14-26)25-15-17-27(18-16-25)30-23-39-33(40-30)32-10-8-20-42(32)35(44)46-37(4,5)6/h11-18,22-23,31-32H,7-10,19-21H2,1-6H3,(H,39,40)/t31-,32-/m0/s1. The molecule has 0 saturated carbocycles. The Balaban J connectivity index is 1.07. The van der Waals surface area contributed by atoms with Crippen LogP contribution >= 0.6 is 0 Å². The van der Waals surface area contributed by atoms with E-state index in [9.17, 15) is 9.59 Å². The molecule has 0 aliphatic carbocycles. The molecule has 6 rings (SSSR count). The first-order chi connectivity index (χ1) is 21.8. The number of carbonyl (C=O) groups is 2. The number of rotatable bonds is 5. The van der Waals surface area contributed by atoms with Gasteiger partial charge in [-0.3, -0.25) is 14.8 Å².